The summed E-state index contributed by atoms with van der Waals surface area (Å²) in [5.41, 5.74) is 3.39. The lowest BCUT2D eigenvalue weighted by Crippen LogP contribution is -2.22. The van der Waals surface area contributed by atoms with Gasteiger partial charge in [-0.2, -0.15) is 0 Å². The molecule has 0 fully saturated rings. The third kappa shape index (κ3) is 3.28. The summed E-state index contributed by atoms with van der Waals surface area (Å²) < 4.78 is 0. The first kappa shape index (κ1) is 12.1. The highest BCUT2D eigenvalue weighted by atomic mass is 35.5. The van der Waals surface area contributed by atoms with Gasteiger partial charge in [-0.25, -0.2) is 0 Å². The first-order valence-corrected chi connectivity index (χ1v) is 6.51. The number of amides is 1. The van der Waals surface area contributed by atoms with Crippen LogP contribution in [0.5, 0.6) is 0 Å². The van der Waals surface area contributed by atoms with Crippen LogP contribution in [0, 0.1) is 0 Å². The Morgan fingerprint density at radius 1 is 1.35 bits per heavy atom. The molecule has 0 radical (unpaired) electrons. The predicted octanol–water partition coefficient (Wildman–Crippen LogP) is 2.81. The van der Waals surface area contributed by atoms with E-state index in [4.69, 9.17) is 11.6 Å². The number of aromatic nitrogens is 1. The molecule has 0 unspecified atom stereocenters. The molecule has 1 amide bonds. The molecule has 0 aliphatic heterocycles. The second-order valence-corrected chi connectivity index (χ2v) is 4.72. The van der Waals surface area contributed by atoms with Crippen LogP contribution in [-0.4, -0.2) is 10.9 Å². The molecule has 1 aromatic carbocycles. The quantitative estimate of drug-likeness (QED) is 0.865. The summed E-state index contributed by atoms with van der Waals surface area (Å²) in [7, 11) is 0. The smallest absolute Gasteiger partial charge is 0.251 e. The normalized spacial score (nSPS) is 10.2. The molecular formula is C12H11ClN2OS. The van der Waals surface area contributed by atoms with E-state index >= 15 is 0 Å². The summed E-state index contributed by atoms with van der Waals surface area (Å²) >= 11 is 7.20. The van der Waals surface area contributed by atoms with Gasteiger partial charge in [-0.15, -0.1) is 22.9 Å². The van der Waals surface area contributed by atoms with Gasteiger partial charge >= 0.3 is 0 Å². The number of carbonyl (C=O) groups is 1. The van der Waals surface area contributed by atoms with E-state index in [-0.39, 0.29) is 5.91 Å². The molecule has 17 heavy (non-hydrogen) atoms. The van der Waals surface area contributed by atoms with Gasteiger partial charge in [0.15, 0.2) is 0 Å². The van der Waals surface area contributed by atoms with Gasteiger partial charge in [-0.3, -0.25) is 9.78 Å². The van der Waals surface area contributed by atoms with Gasteiger partial charge in [0.2, 0.25) is 0 Å². The Balaban J connectivity index is 1.95. The van der Waals surface area contributed by atoms with Crippen molar-refractivity contribution in [3.05, 3.63) is 52.0 Å². The molecule has 1 N–H and O–H groups in total. The van der Waals surface area contributed by atoms with Gasteiger partial charge in [0, 0.05) is 22.5 Å². The Hall–Kier alpha value is -1.39. The lowest BCUT2D eigenvalue weighted by molar-refractivity contribution is 0.0951. The minimum absolute atomic E-state index is 0.0838. The van der Waals surface area contributed by atoms with E-state index in [0.717, 1.165) is 10.4 Å². The number of hydrogen-bond donors (Lipinski definition) is 1. The molecular weight excluding hydrogens is 256 g/mol. The summed E-state index contributed by atoms with van der Waals surface area (Å²) in [4.78, 5) is 16.8. The number of rotatable bonds is 4. The summed E-state index contributed by atoms with van der Waals surface area (Å²) in [6, 6.07) is 7.27. The summed E-state index contributed by atoms with van der Waals surface area (Å²) in [6.07, 6.45) is 1.75. The molecule has 2 aromatic rings. The van der Waals surface area contributed by atoms with E-state index in [1.807, 2.05) is 12.1 Å². The highest BCUT2D eigenvalue weighted by Gasteiger charge is 2.05. The van der Waals surface area contributed by atoms with Crippen LogP contribution in [0.3, 0.4) is 0 Å². The van der Waals surface area contributed by atoms with Crippen LogP contribution in [0.1, 0.15) is 20.8 Å². The number of hydrogen-bond acceptors (Lipinski definition) is 3. The number of nitrogens with zero attached hydrogens (tertiary/aromatic N) is 1. The van der Waals surface area contributed by atoms with Crippen molar-refractivity contribution in [1.29, 1.82) is 0 Å². The van der Waals surface area contributed by atoms with Crippen molar-refractivity contribution in [2.24, 2.45) is 0 Å². The van der Waals surface area contributed by atoms with Gasteiger partial charge in [0.25, 0.3) is 5.91 Å². The van der Waals surface area contributed by atoms with Gasteiger partial charge in [-0.05, 0) is 17.7 Å². The fraction of sp³-hybridized carbons (Fsp3) is 0.167. The summed E-state index contributed by atoms with van der Waals surface area (Å²) in [6.45, 7) is 0.515. The van der Waals surface area contributed by atoms with Crippen LogP contribution in [0.2, 0.25) is 0 Å². The molecule has 88 valence electrons. The van der Waals surface area contributed by atoms with Crippen molar-refractivity contribution in [3.8, 4) is 0 Å². The molecule has 1 heterocycles. The average Bonchev–Trinajstić information content (AvgIpc) is 2.89. The van der Waals surface area contributed by atoms with E-state index in [0.29, 0.717) is 18.0 Å². The lowest BCUT2D eigenvalue weighted by atomic mass is 10.1. The highest BCUT2D eigenvalue weighted by molar-refractivity contribution is 7.09. The fourth-order valence-corrected chi connectivity index (χ4v) is 2.06. The highest BCUT2D eigenvalue weighted by Crippen LogP contribution is 2.08. The van der Waals surface area contributed by atoms with E-state index in [9.17, 15) is 4.79 Å². The second kappa shape index (κ2) is 5.80. The Morgan fingerprint density at radius 2 is 2.12 bits per heavy atom. The maximum atomic E-state index is 11.8. The molecule has 1 aromatic heterocycles. The van der Waals surface area contributed by atoms with Gasteiger partial charge in [0.05, 0.1) is 12.1 Å². The SMILES string of the molecule is O=C(NCc1cncs1)c1ccc(CCl)cc1. The molecule has 2 rings (SSSR count). The number of nitrogens with one attached hydrogen (secondary N) is 1. The number of carbonyl (C=O) groups excluding carboxylic acids is 1. The number of benzene rings is 1. The first-order valence-electron chi connectivity index (χ1n) is 5.10. The second-order valence-electron chi connectivity index (χ2n) is 3.48. The van der Waals surface area contributed by atoms with Crippen molar-refractivity contribution in [2.45, 2.75) is 12.4 Å². The fourth-order valence-electron chi connectivity index (χ4n) is 1.34. The molecule has 0 aliphatic carbocycles. The molecule has 0 saturated carbocycles. The molecule has 0 atom stereocenters. The largest absolute Gasteiger partial charge is 0.347 e. The third-order valence-corrected chi connectivity index (χ3v) is 3.37. The zero-order valence-electron chi connectivity index (χ0n) is 9.02. The number of alkyl halides is 1. The van der Waals surface area contributed by atoms with Crippen molar-refractivity contribution in [3.63, 3.8) is 0 Å². The van der Waals surface area contributed by atoms with Crippen molar-refractivity contribution < 1.29 is 4.79 Å². The van der Waals surface area contributed by atoms with Crippen LogP contribution in [0.25, 0.3) is 0 Å². The Labute approximate surface area is 108 Å². The van der Waals surface area contributed by atoms with Crippen LogP contribution in [0.4, 0.5) is 0 Å². The monoisotopic (exact) mass is 266 g/mol. The standard InChI is InChI=1S/C12H11ClN2OS/c13-5-9-1-3-10(4-2-9)12(16)15-7-11-6-14-8-17-11/h1-4,6,8H,5,7H2,(H,15,16). The van der Waals surface area contributed by atoms with Gasteiger partial charge in [-0.1, -0.05) is 12.1 Å². The molecule has 0 saturated heterocycles. The Morgan fingerprint density at radius 3 is 2.71 bits per heavy atom. The molecule has 3 nitrogen and oxygen atoms in total. The van der Waals surface area contributed by atoms with Crippen LogP contribution < -0.4 is 5.32 Å². The Bertz CT molecular complexity index is 482. The molecule has 5 heteroatoms. The van der Waals surface area contributed by atoms with Crippen LogP contribution in [-0.2, 0) is 12.4 Å². The maximum Gasteiger partial charge on any atom is 0.251 e. The Kier molecular flexibility index (Phi) is 4.12. The van der Waals surface area contributed by atoms with E-state index < -0.39 is 0 Å². The summed E-state index contributed by atoms with van der Waals surface area (Å²) in [5, 5.41) is 2.84. The van der Waals surface area contributed by atoms with Crippen molar-refractivity contribution in [1.82, 2.24) is 10.3 Å². The molecule has 0 spiro atoms. The van der Waals surface area contributed by atoms with Crippen LogP contribution in [0.15, 0.2) is 36.0 Å². The van der Waals surface area contributed by atoms with Gasteiger partial charge in [0.1, 0.15) is 0 Å². The lowest BCUT2D eigenvalue weighted by Gasteiger charge is -2.03. The number of halogens is 1. The van der Waals surface area contributed by atoms with Gasteiger partial charge < -0.3 is 5.32 Å². The molecule has 0 aliphatic rings. The van der Waals surface area contributed by atoms with E-state index in [1.54, 1.807) is 23.8 Å². The average molecular weight is 267 g/mol. The van der Waals surface area contributed by atoms with Crippen LogP contribution >= 0.6 is 22.9 Å². The topological polar surface area (TPSA) is 42.0 Å². The van der Waals surface area contributed by atoms with Crippen molar-refractivity contribution >= 4 is 28.8 Å². The number of thiazole rings is 1. The first-order chi connectivity index (χ1) is 8.29. The zero-order chi connectivity index (χ0) is 12.1. The minimum atomic E-state index is -0.0838. The van der Waals surface area contributed by atoms with Crippen molar-refractivity contribution in [2.75, 3.05) is 0 Å². The zero-order valence-corrected chi connectivity index (χ0v) is 10.6. The molecule has 0 bridgehead atoms. The van der Waals surface area contributed by atoms with E-state index in [1.165, 1.54) is 11.3 Å². The third-order valence-electron chi connectivity index (χ3n) is 2.28. The van der Waals surface area contributed by atoms with E-state index in [2.05, 4.69) is 10.3 Å². The maximum absolute atomic E-state index is 11.8. The minimum Gasteiger partial charge on any atom is -0.347 e. The summed E-state index contributed by atoms with van der Waals surface area (Å²) in [5.74, 6) is 0.377. The predicted molar refractivity (Wildman–Crippen MR) is 69.3 cm³/mol.